The SMILES string of the molecule is COc1ccccc1-c1nccc(COc2ccccc2C[C@H](Nc2cncc3nc(-c4ccc(F)cc4)c(-c4ccc(OCCN5CCN(C)CC5)c(Cl)c4C)n23)C(=O)O)n1. The van der Waals surface area contributed by atoms with Gasteiger partial charge in [0.05, 0.1) is 47.2 Å². The van der Waals surface area contributed by atoms with Gasteiger partial charge >= 0.3 is 5.97 Å². The first-order valence-corrected chi connectivity index (χ1v) is 20.7. The van der Waals surface area contributed by atoms with Crippen molar-refractivity contribution in [2.45, 2.75) is 26.0 Å². The molecule has 1 saturated heterocycles. The lowest BCUT2D eigenvalue weighted by Crippen LogP contribution is -2.45. The summed E-state index contributed by atoms with van der Waals surface area (Å²) >= 11 is 7.06. The Bertz CT molecular complexity index is 2690. The molecule has 0 radical (unpaired) electrons. The molecule has 1 atom stereocenters. The highest BCUT2D eigenvalue weighted by molar-refractivity contribution is 6.33. The zero-order chi connectivity index (χ0) is 43.2. The van der Waals surface area contributed by atoms with Gasteiger partial charge in [0.1, 0.15) is 48.1 Å². The van der Waals surface area contributed by atoms with Gasteiger partial charge in [-0.1, -0.05) is 41.9 Å². The van der Waals surface area contributed by atoms with Crippen LogP contribution in [0.4, 0.5) is 10.2 Å². The number of benzene rings is 4. The number of nitrogens with zero attached hydrogens (tertiary/aromatic N) is 7. The highest BCUT2D eigenvalue weighted by Gasteiger charge is 2.26. The van der Waals surface area contributed by atoms with Crippen molar-refractivity contribution < 1.29 is 28.5 Å². The summed E-state index contributed by atoms with van der Waals surface area (Å²) in [5.74, 6) is 1.11. The number of aromatic nitrogens is 5. The van der Waals surface area contributed by atoms with Crippen LogP contribution >= 0.6 is 11.6 Å². The summed E-state index contributed by atoms with van der Waals surface area (Å²) in [6.07, 6.45) is 4.88. The van der Waals surface area contributed by atoms with E-state index in [4.69, 9.17) is 35.8 Å². The Morgan fingerprint density at radius 3 is 2.42 bits per heavy atom. The smallest absolute Gasteiger partial charge is 0.326 e. The number of piperazine rings is 1. The van der Waals surface area contributed by atoms with Crippen LogP contribution in [0.5, 0.6) is 17.2 Å². The summed E-state index contributed by atoms with van der Waals surface area (Å²) < 4.78 is 34.0. The van der Waals surface area contributed by atoms with Gasteiger partial charge in [-0.25, -0.2) is 24.1 Å². The molecule has 62 heavy (non-hydrogen) atoms. The van der Waals surface area contributed by atoms with Gasteiger partial charge in [-0.15, -0.1) is 0 Å². The van der Waals surface area contributed by atoms with Gasteiger partial charge in [-0.05, 0) is 85.8 Å². The van der Waals surface area contributed by atoms with Crippen molar-refractivity contribution in [1.29, 1.82) is 0 Å². The van der Waals surface area contributed by atoms with Crippen molar-refractivity contribution in [2.24, 2.45) is 0 Å². The molecule has 318 valence electrons. The number of likely N-dealkylation sites (N-methyl/N-ethyl adjacent to an activating group) is 1. The average molecular weight is 857 g/mol. The largest absolute Gasteiger partial charge is 0.496 e. The zero-order valence-electron chi connectivity index (χ0n) is 34.6. The van der Waals surface area contributed by atoms with E-state index in [1.807, 2.05) is 65.9 Å². The van der Waals surface area contributed by atoms with Crippen LogP contribution in [0.2, 0.25) is 5.02 Å². The number of para-hydroxylation sites is 2. The fraction of sp³-hybridized carbons (Fsp3) is 0.255. The predicted octanol–water partition coefficient (Wildman–Crippen LogP) is 7.94. The minimum absolute atomic E-state index is 0.0536. The van der Waals surface area contributed by atoms with Gasteiger partial charge in [0.15, 0.2) is 11.5 Å². The van der Waals surface area contributed by atoms with Crippen LogP contribution in [0.15, 0.2) is 110 Å². The van der Waals surface area contributed by atoms with E-state index in [9.17, 15) is 14.3 Å². The molecule has 0 amide bonds. The summed E-state index contributed by atoms with van der Waals surface area (Å²) in [5.41, 5.74) is 5.75. The molecule has 7 aromatic rings. The van der Waals surface area contributed by atoms with E-state index in [2.05, 4.69) is 32.1 Å². The number of anilines is 1. The van der Waals surface area contributed by atoms with Crippen LogP contribution in [0.1, 0.15) is 16.8 Å². The first-order chi connectivity index (χ1) is 30.2. The van der Waals surface area contributed by atoms with Crippen molar-refractivity contribution in [1.82, 2.24) is 34.1 Å². The van der Waals surface area contributed by atoms with E-state index >= 15 is 0 Å². The number of carboxylic acids is 1. The van der Waals surface area contributed by atoms with E-state index < -0.39 is 12.0 Å². The van der Waals surface area contributed by atoms with Crippen molar-refractivity contribution in [3.8, 4) is 51.2 Å². The summed E-state index contributed by atoms with van der Waals surface area (Å²) in [6, 6.07) is 25.3. The van der Waals surface area contributed by atoms with Crippen LogP contribution in [-0.4, -0.2) is 105 Å². The molecule has 1 fully saturated rings. The van der Waals surface area contributed by atoms with Gasteiger partial charge < -0.3 is 29.5 Å². The molecular weight excluding hydrogens is 811 g/mol. The summed E-state index contributed by atoms with van der Waals surface area (Å²) in [7, 11) is 3.73. The second-order valence-corrected chi connectivity index (χ2v) is 15.4. The molecule has 4 heterocycles. The zero-order valence-corrected chi connectivity index (χ0v) is 35.3. The number of carboxylic acid groups (broad SMARTS) is 1. The lowest BCUT2D eigenvalue weighted by Gasteiger charge is -2.32. The van der Waals surface area contributed by atoms with Crippen LogP contribution in [0, 0.1) is 12.7 Å². The lowest BCUT2D eigenvalue weighted by atomic mass is 10.00. The van der Waals surface area contributed by atoms with Gasteiger partial charge in [-0.3, -0.25) is 14.3 Å². The molecule has 0 bridgehead atoms. The summed E-state index contributed by atoms with van der Waals surface area (Å²) in [4.78, 5) is 36.3. The number of hydrogen-bond donors (Lipinski definition) is 2. The number of nitrogens with one attached hydrogen (secondary N) is 1. The first-order valence-electron chi connectivity index (χ1n) is 20.3. The Kier molecular flexibility index (Phi) is 12.9. The number of rotatable bonds is 16. The average Bonchev–Trinajstić information content (AvgIpc) is 3.68. The molecule has 2 N–H and O–H groups in total. The van der Waals surface area contributed by atoms with Crippen LogP contribution in [-0.2, 0) is 17.8 Å². The van der Waals surface area contributed by atoms with E-state index in [1.165, 1.54) is 12.1 Å². The fourth-order valence-corrected chi connectivity index (χ4v) is 7.76. The third-order valence-corrected chi connectivity index (χ3v) is 11.4. The quantitative estimate of drug-likeness (QED) is 0.0976. The van der Waals surface area contributed by atoms with Crippen LogP contribution < -0.4 is 19.5 Å². The fourth-order valence-electron chi connectivity index (χ4n) is 7.54. The molecule has 15 heteroatoms. The van der Waals surface area contributed by atoms with E-state index in [0.717, 1.165) is 49.4 Å². The first kappa shape index (κ1) is 42.1. The number of aliphatic carboxylic acids is 1. The Balaban J connectivity index is 1.08. The third-order valence-electron chi connectivity index (χ3n) is 11.0. The van der Waals surface area contributed by atoms with Crippen molar-refractivity contribution in [3.63, 3.8) is 0 Å². The van der Waals surface area contributed by atoms with Gasteiger partial charge in [0, 0.05) is 56.5 Å². The standard InChI is InChI=1S/C47H46ClFN8O5/c1-30-35(16-17-40(43(30)48)61-25-24-56-22-20-55(2)21-23-56)45-44(31-12-14-33(49)15-13-31)54-42-28-50-27-41(57(42)45)53-37(47(58)59)26-32-8-4-6-10-38(32)62-29-34-18-19-51-46(52-34)36-9-5-7-11-39(36)60-3/h4-19,27-28,37,53H,20-26,29H2,1-3H3,(H,58,59)/t37-/m0/s1. The molecule has 0 saturated carbocycles. The van der Waals surface area contributed by atoms with Crippen molar-refractivity contribution >= 4 is 29.0 Å². The Hall–Kier alpha value is -6.61. The van der Waals surface area contributed by atoms with Gasteiger partial charge in [0.2, 0.25) is 0 Å². The van der Waals surface area contributed by atoms with Crippen molar-refractivity contribution in [3.05, 3.63) is 137 Å². The second kappa shape index (κ2) is 19.0. The van der Waals surface area contributed by atoms with E-state index in [0.29, 0.717) is 74.4 Å². The lowest BCUT2D eigenvalue weighted by molar-refractivity contribution is -0.137. The van der Waals surface area contributed by atoms with Gasteiger partial charge in [0.25, 0.3) is 0 Å². The molecule has 0 unspecified atom stereocenters. The summed E-state index contributed by atoms with van der Waals surface area (Å²) in [6.45, 7) is 7.29. The maximum Gasteiger partial charge on any atom is 0.326 e. The van der Waals surface area contributed by atoms with E-state index in [1.54, 1.807) is 50.0 Å². The number of carbonyl (C=O) groups is 1. The maximum absolute atomic E-state index is 14.2. The molecule has 4 aromatic carbocycles. The molecule has 3 aromatic heterocycles. The number of hydrogen-bond acceptors (Lipinski definition) is 11. The van der Waals surface area contributed by atoms with Gasteiger partial charge in [-0.2, -0.15) is 0 Å². The molecular formula is C47H46ClFN8O5. The number of methoxy groups -OCH3 is 1. The Labute approximate surface area is 363 Å². The minimum Gasteiger partial charge on any atom is -0.496 e. The molecule has 0 spiro atoms. The van der Waals surface area contributed by atoms with Crippen LogP contribution in [0.25, 0.3) is 39.5 Å². The molecule has 8 rings (SSSR count). The second-order valence-electron chi connectivity index (χ2n) is 15.1. The predicted molar refractivity (Wildman–Crippen MR) is 237 cm³/mol. The maximum atomic E-state index is 14.2. The highest BCUT2D eigenvalue weighted by Crippen LogP contribution is 2.41. The highest BCUT2D eigenvalue weighted by atomic mass is 35.5. The number of fused-ring (bicyclic) bond motifs is 1. The Morgan fingerprint density at radius 1 is 0.887 bits per heavy atom. The number of halogens is 2. The molecule has 13 nitrogen and oxygen atoms in total. The van der Waals surface area contributed by atoms with Crippen molar-refractivity contribution in [2.75, 3.05) is 58.8 Å². The number of imidazole rings is 1. The Morgan fingerprint density at radius 2 is 1.65 bits per heavy atom. The third kappa shape index (κ3) is 9.32. The normalized spacial score (nSPS) is 13.8. The minimum atomic E-state index is -1.13. The van der Waals surface area contributed by atoms with Crippen LogP contribution in [0.3, 0.4) is 0 Å². The summed E-state index contributed by atoms with van der Waals surface area (Å²) in [5, 5.41) is 14.4. The number of ether oxygens (including phenoxy) is 3. The topological polar surface area (TPSA) is 139 Å². The molecule has 1 aliphatic heterocycles. The molecule has 1 aliphatic rings. The monoisotopic (exact) mass is 856 g/mol. The van der Waals surface area contributed by atoms with E-state index in [-0.39, 0.29) is 18.8 Å². The molecule has 0 aliphatic carbocycles.